The van der Waals surface area contributed by atoms with Crippen molar-refractivity contribution in [2.24, 2.45) is 17.8 Å². The van der Waals surface area contributed by atoms with Gasteiger partial charge in [0.05, 0.1) is 18.1 Å². The maximum Gasteiger partial charge on any atom is 0.244 e. The maximum atomic E-state index is 13.8. The Morgan fingerprint density at radius 1 is 1.02 bits per heavy atom. The molecule has 3 amide bonds. The van der Waals surface area contributed by atoms with Gasteiger partial charge in [-0.15, -0.1) is 24.7 Å². The van der Waals surface area contributed by atoms with Crippen LogP contribution >= 0.6 is 0 Å². The standard InChI is InChI=1S/C36H54N4O5/c1-6-15-31(41)34(43)30(24-28-18-13-10-14-19-28)38-36(45)33(26(4)8-3)39-35(44)29(23-27-16-11-9-12-17-27)25-32(42)40(5)22-21-37-20-7-2/h1,3,9,11-12,16-17,26,28-31,33-34,37,41,43H,7,10,13-15,18-25H2,2,4-5H3,(H,38,45)(H,39,44)/t26?,29?,30?,31?,33-,34+/m0/s1. The second-order valence-electron chi connectivity index (χ2n) is 12.4. The summed E-state index contributed by atoms with van der Waals surface area (Å²) in [6.07, 6.45) is 15.6. The van der Waals surface area contributed by atoms with Gasteiger partial charge in [0.25, 0.3) is 0 Å². The van der Waals surface area contributed by atoms with Gasteiger partial charge in [0.15, 0.2) is 0 Å². The molecule has 2 rings (SSSR count). The number of rotatable bonds is 19. The van der Waals surface area contributed by atoms with E-state index in [1.165, 1.54) is 0 Å². The lowest BCUT2D eigenvalue weighted by molar-refractivity contribution is -0.137. The molecule has 1 fully saturated rings. The SMILES string of the molecule is C#CCC(O)[C@H](O)C(CC1CCCCC1)NC(=O)[C@@H](NC(=O)C(CC(=O)N(C)CCNCCC)Cc1ccccc1)C(C)C#C. The van der Waals surface area contributed by atoms with Gasteiger partial charge in [0.2, 0.25) is 17.7 Å². The van der Waals surface area contributed by atoms with Crippen LogP contribution in [0.3, 0.4) is 0 Å². The fourth-order valence-electron chi connectivity index (χ4n) is 5.83. The molecule has 0 aromatic heterocycles. The van der Waals surface area contributed by atoms with Crippen LogP contribution in [0.5, 0.6) is 0 Å². The highest BCUT2D eigenvalue weighted by Gasteiger charge is 2.35. The van der Waals surface area contributed by atoms with Gasteiger partial charge in [-0.2, -0.15) is 0 Å². The van der Waals surface area contributed by atoms with E-state index in [1.807, 2.05) is 30.3 Å². The number of amides is 3. The van der Waals surface area contributed by atoms with E-state index < -0.39 is 47.9 Å². The Morgan fingerprint density at radius 3 is 2.33 bits per heavy atom. The van der Waals surface area contributed by atoms with Gasteiger partial charge in [0.1, 0.15) is 12.1 Å². The molecule has 0 spiro atoms. The van der Waals surface area contributed by atoms with Crippen LogP contribution in [-0.2, 0) is 20.8 Å². The van der Waals surface area contributed by atoms with E-state index in [-0.39, 0.29) is 24.7 Å². The fraction of sp³-hybridized carbons (Fsp3) is 0.639. The van der Waals surface area contributed by atoms with Crippen LogP contribution in [0.1, 0.15) is 77.2 Å². The fourth-order valence-corrected chi connectivity index (χ4v) is 5.83. The summed E-state index contributed by atoms with van der Waals surface area (Å²) in [5.41, 5.74) is 0.891. The number of aliphatic hydroxyl groups is 2. The summed E-state index contributed by atoms with van der Waals surface area (Å²) in [5.74, 6) is 2.61. The van der Waals surface area contributed by atoms with Crippen LogP contribution in [-0.4, -0.2) is 83.8 Å². The molecule has 1 aliphatic rings. The molecule has 0 heterocycles. The minimum absolute atomic E-state index is 0.0366. The summed E-state index contributed by atoms with van der Waals surface area (Å²) in [6.45, 7) is 5.76. The quantitative estimate of drug-likeness (QED) is 0.119. The second-order valence-corrected chi connectivity index (χ2v) is 12.4. The number of nitrogens with one attached hydrogen (secondary N) is 3. The number of nitrogens with zero attached hydrogens (tertiary/aromatic N) is 1. The number of carbonyl (C=O) groups excluding carboxylic acids is 3. The molecule has 45 heavy (non-hydrogen) atoms. The number of likely N-dealkylation sites (N-methyl/N-ethyl adjacent to an activating group) is 1. The van der Waals surface area contributed by atoms with Crippen LogP contribution in [0.2, 0.25) is 0 Å². The van der Waals surface area contributed by atoms with Crippen molar-refractivity contribution in [2.45, 2.75) is 102 Å². The number of aliphatic hydroxyl groups excluding tert-OH is 2. The van der Waals surface area contributed by atoms with Crippen LogP contribution in [0.25, 0.3) is 0 Å². The number of benzene rings is 1. The van der Waals surface area contributed by atoms with Crippen LogP contribution in [0, 0.1) is 42.4 Å². The molecule has 5 N–H and O–H groups in total. The van der Waals surface area contributed by atoms with E-state index in [1.54, 1.807) is 18.9 Å². The lowest BCUT2D eigenvalue weighted by Crippen LogP contribution is -2.57. The van der Waals surface area contributed by atoms with Gasteiger partial charge in [-0.05, 0) is 44.2 Å². The number of terminal acetylenes is 2. The number of carbonyl (C=O) groups is 3. The predicted molar refractivity (Wildman–Crippen MR) is 178 cm³/mol. The van der Waals surface area contributed by atoms with Gasteiger partial charge in [0, 0.05) is 38.9 Å². The van der Waals surface area contributed by atoms with E-state index in [0.717, 1.165) is 50.6 Å². The Morgan fingerprint density at radius 2 is 1.71 bits per heavy atom. The van der Waals surface area contributed by atoms with Crippen LogP contribution in [0.4, 0.5) is 0 Å². The number of hydrogen-bond donors (Lipinski definition) is 5. The van der Waals surface area contributed by atoms with Crippen molar-refractivity contribution in [1.29, 1.82) is 0 Å². The average molecular weight is 623 g/mol. The minimum atomic E-state index is -1.28. The summed E-state index contributed by atoms with van der Waals surface area (Å²) in [6, 6.07) is 7.55. The first-order chi connectivity index (χ1) is 21.6. The number of hydrogen-bond acceptors (Lipinski definition) is 6. The molecule has 9 nitrogen and oxygen atoms in total. The average Bonchev–Trinajstić information content (AvgIpc) is 3.04. The molecule has 0 aliphatic heterocycles. The highest BCUT2D eigenvalue weighted by molar-refractivity contribution is 5.91. The highest BCUT2D eigenvalue weighted by atomic mass is 16.3. The zero-order chi connectivity index (χ0) is 33.2. The van der Waals surface area contributed by atoms with E-state index in [9.17, 15) is 24.6 Å². The Balaban J connectivity index is 2.24. The van der Waals surface area contributed by atoms with E-state index in [2.05, 4.69) is 34.7 Å². The predicted octanol–water partition coefficient (Wildman–Crippen LogP) is 2.65. The zero-order valence-electron chi connectivity index (χ0n) is 27.3. The molecule has 9 heteroatoms. The molecule has 0 radical (unpaired) electrons. The first-order valence-electron chi connectivity index (χ1n) is 16.5. The normalized spacial score (nSPS) is 17.4. The summed E-state index contributed by atoms with van der Waals surface area (Å²) in [7, 11) is 1.72. The lowest BCUT2D eigenvalue weighted by atomic mass is 9.82. The Kier molecular flexibility index (Phi) is 17.3. The Hall–Kier alpha value is -3.37. The molecule has 0 saturated heterocycles. The van der Waals surface area contributed by atoms with Crippen molar-refractivity contribution in [1.82, 2.24) is 20.9 Å². The monoisotopic (exact) mass is 622 g/mol. The molecule has 1 aromatic rings. The van der Waals surface area contributed by atoms with Crippen molar-refractivity contribution >= 4 is 17.7 Å². The molecule has 1 saturated carbocycles. The molecule has 1 aliphatic carbocycles. The smallest absolute Gasteiger partial charge is 0.244 e. The van der Waals surface area contributed by atoms with Crippen molar-refractivity contribution in [2.75, 3.05) is 26.7 Å². The maximum absolute atomic E-state index is 13.8. The summed E-state index contributed by atoms with van der Waals surface area (Å²) >= 11 is 0. The van der Waals surface area contributed by atoms with Crippen LogP contribution < -0.4 is 16.0 Å². The third-order valence-electron chi connectivity index (χ3n) is 8.71. The third-order valence-corrected chi connectivity index (χ3v) is 8.71. The van der Waals surface area contributed by atoms with Gasteiger partial charge in [-0.25, -0.2) is 0 Å². The highest BCUT2D eigenvalue weighted by Crippen LogP contribution is 2.29. The van der Waals surface area contributed by atoms with E-state index in [0.29, 0.717) is 25.9 Å². The van der Waals surface area contributed by atoms with Crippen molar-refractivity contribution in [3.05, 3.63) is 35.9 Å². The summed E-state index contributed by atoms with van der Waals surface area (Å²) in [5, 5.41) is 30.5. The summed E-state index contributed by atoms with van der Waals surface area (Å²) in [4.78, 5) is 42.4. The second kappa shape index (κ2) is 20.6. The minimum Gasteiger partial charge on any atom is -0.389 e. The molecule has 0 bridgehead atoms. The van der Waals surface area contributed by atoms with Gasteiger partial charge in [-0.1, -0.05) is 69.4 Å². The Labute approximate surface area is 270 Å². The molecule has 248 valence electrons. The third kappa shape index (κ3) is 13.3. The van der Waals surface area contributed by atoms with Crippen LogP contribution in [0.15, 0.2) is 30.3 Å². The van der Waals surface area contributed by atoms with Crippen molar-refractivity contribution in [3.63, 3.8) is 0 Å². The molecule has 1 aromatic carbocycles. The molecule has 4 unspecified atom stereocenters. The van der Waals surface area contributed by atoms with E-state index >= 15 is 0 Å². The lowest BCUT2D eigenvalue weighted by Gasteiger charge is -2.33. The molecular formula is C36H54N4O5. The van der Waals surface area contributed by atoms with Crippen molar-refractivity contribution < 1.29 is 24.6 Å². The summed E-state index contributed by atoms with van der Waals surface area (Å²) < 4.78 is 0. The largest absolute Gasteiger partial charge is 0.389 e. The Bertz CT molecular complexity index is 1120. The van der Waals surface area contributed by atoms with Gasteiger partial charge < -0.3 is 31.1 Å². The molecular weight excluding hydrogens is 568 g/mol. The van der Waals surface area contributed by atoms with Gasteiger partial charge >= 0.3 is 0 Å². The van der Waals surface area contributed by atoms with Gasteiger partial charge in [-0.3, -0.25) is 14.4 Å². The van der Waals surface area contributed by atoms with E-state index in [4.69, 9.17) is 12.8 Å². The first-order valence-corrected chi connectivity index (χ1v) is 16.5. The molecule has 6 atom stereocenters. The van der Waals surface area contributed by atoms with Crippen molar-refractivity contribution in [3.8, 4) is 24.7 Å². The zero-order valence-corrected chi connectivity index (χ0v) is 27.3. The topological polar surface area (TPSA) is 131 Å². The first kappa shape index (κ1) is 37.8.